The van der Waals surface area contributed by atoms with Crippen LogP contribution in [0.15, 0.2) is 39.1 Å². The molecule has 158 valence electrons. The van der Waals surface area contributed by atoms with Crippen LogP contribution in [0.3, 0.4) is 0 Å². The number of benzene rings is 1. The number of esters is 1. The van der Waals surface area contributed by atoms with Gasteiger partial charge in [-0.25, -0.2) is 9.59 Å². The van der Waals surface area contributed by atoms with Crippen molar-refractivity contribution in [2.45, 2.75) is 32.2 Å². The maximum Gasteiger partial charge on any atom is 0.337 e. The smallest absolute Gasteiger partial charge is 0.337 e. The van der Waals surface area contributed by atoms with Crippen molar-refractivity contribution in [1.82, 2.24) is 9.55 Å². The Bertz CT molecular complexity index is 1160. The Morgan fingerprint density at radius 1 is 1.20 bits per heavy atom. The molecular weight excluding hydrogens is 390 g/mol. The van der Waals surface area contributed by atoms with Gasteiger partial charge in [0, 0.05) is 18.2 Å². The van der Waals surface area contributed by atoms with Crippen LogP contribution in [0.2, 0.25) is 0 Å². The average molecular weight is 413 g/mol. The van der Waals surface area contributed by atoms with Gasteiger partial charge in [0.1, 0.15) is 23.9 Å². The van der Waals surface area contributed by atoms with Gasteiger partial charge in [-0.2, -0.15) is 0 Å². The van der Waals surface area contributed by atoms with Gasteiger partial charge in [-0.1, -0.05) is 19.4 Å². The van der Waals surface area contributed by atoms with Crippen LogP contribution in [0.25, 0.3) is 0 Å². The van der Waals surface area contributed by atoms with Gasteiger partial charge in [0.2, 0.25) is 0 Å². The number of nitrogens with zero attached hydrogens (tertiary/aromatic N) is 1. The zero-order chi connectivity index (χ0) is 21.4. The molecule has 0 bridgehead atoms. The largest absolute Gasteiger partial charge is 0.497 e. The van der Waals surface area contributed by atoms with Crippen molar-refractivity contribution >= 4 is 11.8 Å². The Labute approximate surface area is 172 Å². The Kier molecular flexibility index (Phi) is 5.11. The molecule has 0 radical (unpaired) electrons. The first-order valence-corrected chi connectivity index (χ1v) is 9.76. The molecule has 2 aromatic rings. The van der Waals surface area contributed by atoms with Crippen molar-refractivity contribution in [3.8, 4) is 11.5 Å². The van der Waals surface area contributed by atoms with E-state index < -0.39 is 23.1 Å². The zero-order valence-corrected chi connectivity index (χ0v) is 17.0. The van der Waals surface area contributed by atoms with Crippen LogP contribution >= 0.6 is 0 Å². The van der Waals surface area contributed by atoms with E-state index in [9.17, 15) is 14.4 Å². The molecule has 30 heavy (non-hydrogen) atoms. The fourth-order valence-electron chi connectivity index (χ4n) is 3.99. The SMILES string of the molecule is CCCCn1c2c(c(=O)[nH]c1=O)[C@H](c1ccc(OC)cc1OC)C1=C(COC1=O)N2. The van der Waals surface area contributed by atoms with Crippen LogP contribution in [0.4, 0.5) is 5.82 Å². The summed E-state index contributed by atoms with van der Waals surface area (Å²) in [4.78, 5) is 40.5. The van der Waals surface area contributed by atoms with E-state index in [0.717, 1.165) is 12.8 Å². The highest BCUT2D eigenvalue weighted by atomic mass is 16.5. The van der Waals surface area contributed by atoms with Gasteiger partial charge in [-0.05, 0) is 12.5 Å². The van der Waals surface area contributed by atoms with Gasteiger partial charge >= 0.3 is 11.7 Å². The molecule has 1 aromatic heterocycles. The van der Waals surface area contributed by atoms with Crippen molar-refractivity contribution in [3.05, 3.63) is 61.4 Å². The third kappa shape index (κ3) is 3.06. The molecule has 0 saturated carbocycles. The lowest BCUT2D eigenvalue weighted by atomic mass is 9.82. The molecule has 0 aliphatic carbocycles. The van der Waals surface area contributed by atoms with Crippen molar-refractivity contribution in [3.63, 3.8) is 0 Å². The Morgan fingerprint density at radius 3 is 2.70 bits per heavy atom. The number of aromatic nitrogens is 2. The molecule has 0 fully saturated rings. The summed E-state index contributed by atoms with van der Waals surface area (Å²) in [6.45, 7) is 2.51. The molecule has 2 aliphatic rings. The van der Waals surface area contributed by atoms with Crippen LogP contribution in [0.5, 0.6) is 11.5 Å². The highest BCUT2D eigenvalue weighted by Gasteiger charge is 2.42. The van der Waals surface area contributed by atoms with E-state index in [1.165, 1.54) is 11.7 Å². The second-order valence-electron chi connectivity index (χ2n) is 7.16. The van der Waals surface area contributed by atoms with E-state index in [4.69, 9.17) is 14.2 Å². The maximum absolute atomic E-state index is 13.0. The lowest BCUT2D eigenvalue weighted by Gasteiger charge is -2.29. The number of methoxy groups -OCH3 is 2. The monoisotopic (exact) mass is 413 g/mol. The van der Waals surface area contributed by atoms with Gasteiger partial charge in [-0.3, -0.25) is 14.3 Å². The molecule has 0 unspecified atom stereocenters. The number of anilines is 1. The van der Waals surface area contributed by atoms with Crippen molar-refractivity contribution in [2.24, 2.45) is 0 Å². The van der Waals surface area contributed by atoms with Gasteiger partial charge in [0.25, 0.3) is 5.56 Å². The predicted molar refractivity (Wildman–Crippen MR) is 109 cm³/mol. The number of aromatic amines is 1. The van der Waals surface area contributed by atoms with Gasteiger partial charge in [0.15, 0.2) is 0 Å². The number of rotatable bonds is 6. The van der Waals surface area contributed by atoms with E-state index in [-0.39, 0.29) is 12.2 Å². The second kappa shape index (κ2) is 7.74. The number of cyclic esters (lactones) is 1. The fourth-order valence-corrected chi connectivity index (χ4v) is 3.99. The van der Waals surface area contributed by atoms with Crippen molar-refractivity contribution in [2.75, 3.05) is 26.1 Å². The Hall–Kier alpha value is -3.49. The van der Waals surface area contributed by atoms with Crippen LogP contribution in [0, 0.1) is 0 Å². The Balaban J connectivity index is 2.00. The highest BCUT2D eigenvalue weighted by molar-refractivity contribution is 5.97. The molecule has 9 nitrogen and oxygen atoms in total. The maximum atomic E-state index is 13.0. The summed E-state index contributed by atoms with van der Waals surface area (Å²) in [7, 11) is 3.05. The first-order valence-electron chi connectivity index (χ1n) is 9.76. The number of carbonyl (C=O) groups is 1. The molecule has 0 amide bonds. The fraction of sp³-hybridized carbons (Fsp3) is 0.381. The number of hydrogen-bond acceptors (Lipinski definition) is 7. The predicted octanol–water partition coefficient (Wildman–Crippen LogP) is 1.72. The molecule has 3 heterocycles. The average Bonchev–Trinajstić information content (AvgIpc) is 3.12. The summed E-state index contributed by atoms with van der Waals surface area (Å²) in [5.41, 5.74) is 0.743. The van der Waals surface area contributed by atoms with Gasteiger partial charge in [-0.15, -0.1) is 0 Å². The van der Waals surface area contributed by atoms with Gasteiger partial charge in [0.05, 0.1) is 37.0 Å². The van der Waals surface area contributed by atoms with Crippen LogP contribution in [0.1, 0.15) is 36.8 Å². The molecule has 1 atom stereocenters. The number of unbranched alkanes of at least 4 members (excludes halogenated alkanes) is 1. The lowest BCUT2D eigenvalue weighted by Crippen LogP contribution is -2.38. The minimum absolute atomic E-state index is 0.0529. The number of fused-ring (bicyclic) bond motifs is 1. The van der Waals surface area contributed by atoms with E-state index in [1.54, 1.807) is 25.3 Å². The summed E-state index contributed by atoms with van der Waals surface area (Å²) >= 11 is 0. The van der Waals surface area contributed by atoms with E-state index >= 15 is 0 Å². The summed E-state index contributed by atoms with van der Waals surface area (Å²) in [5, 5.41) is 3.12. The third-order valence-electron chi connectivity index (χ3n) is 5.46. The number of H-pyrrole nitrogens is 1. The number of hydrogen-bond donors (Lipinski definition) is 2. The normalized spacial score (nSPS) is 17.2. The molecule has 4 rings (SSSR count). The standard InChI is InChI=1S/C21H23N3O6/c1-4-5-8-24-18-17(19(25)23-21(24)27)15(16-13(22-18)10-30-20(16)26)12-7-6-11(28-2)9-14(12)29-3/h6-7,9,15,22H,4-5,8,10H2,1-3H3,(H,23,25,27)/t15-/m1/s1. The summed E-state index contributed by atoms with van der Waals surface area (Å²) in [6, 6.07) is 5.19. The van der Waals surface area contributed by atoms with Crippen LogP contribution in [-0.4, -0.2) is 36.3 Å². The molecule has 2 N–H and O–H groups in total. The third-order valence-corrected chi connectivity index (χ3v) is 5.46. The first-order chi connectivity index (χ1) is 14.5. The molecule has 9 heteroatoms. The van der Waals surface area contributed by atoms with Crippen molar-refractivity contribution in [1.29, 1.82) is 0 Å². The minimum Gasteiger partial charge on any atom is -0.497 e. The van der Waals surface area contributed by atoms with Crippen molar-refractivity contribution < 1.29 is 19.0 Å². The molecular formula is C21H23N3O6. The molecule has 0 saturated heterocycles. The van der Waals surface area contributed by atoms with Gasteiger partial charge < -0.3 is 19.5 Å². The Morgan fingerprint density at radius 2 is 2.00 bits per heavy atom. The molecule has 0 spiro atoms. The van der Waals surface area contributed by atoms with E-state index in [2.05, 4.69) is 10.3 Å². The summed E-state index contributed by atoms with van der Waals surface area (Å²) in [5.74, 6) is 0.178. The van der Waals surface area contributed by atoms with Crippen LogP contribution in [-0.2, 0) is 16.1 Å². The first kappa shape index (κ1) is 19.8. The molecule has 2 aliphatic heterocycles. The number of nitrogens with one attached hydrogen (secondary N) is 2. The quantitative estimate of drug-likeness (QED) is 0.694. The zero-order valence-electron chi connectivity index (χ0n) is 17.0. The van der Waals surface area contributed by atoms with E-state index in [1.807, 2.05) is 6.92 Å². The highest BCUT2D eigenvalue weighted by Crippen LogP contribution is 2.45. The molecule has 1 aromatic carbocycles. The second-order valence-corrected chi connectivity index (χ2v) is 7.16. The minimum atomic E-state index is -0.746. The topological polar surface area (TPSA) is 112 Å². The summed E-state index contributed by atoms with van der Waals surface area (Å²) < 4.78 is 17.6. The number of carbonyl (C=O) groups excluding carboxylic acids is 1. The number of ether oxygens (including phenoxy) is 3. The van der Waals surface area contributed by atoms with E-state index in [0.29, 0.717) is 40.7 Å². The lowest BCUT2D eigenvalue weighted by molar-refractivity contribution is -0.136. The summed E-state index contributed by atoms with van der Waals surface area (Å²) in [6.07, 6.45) is 1.64. The van der Waals surface area contributed by atoms with Crippen LogP contribution < -0.4 is 26.0 Å².